The Balaban J connectivity index is 2.14. The molecular formula is C10H15N3O. The summed E-state index contributed by atoms with van der Waals surface area (Å²) < 4.78 is 1.47. The molecule has 0 aliphatic heterocycles. The van der Waals surface area contributed by atoms with Gasteiger partial charge in [0.05, 0.1) is 12.2 Å². The van der Waals surface area contributed by atoms with Crippen molar-refractivity contribution in [3.05, 3.63) is 28.2 Å². The Bertz CT molecular complexity index is 381. The second-order valence-electron chi connectivity index (χ2n) is 4.00. The van der Waals surface area contributed by atoms with E-state index in [1.165, 1.54) is 17.5 Å². The molecule has 1 unspecified atom stereocenters. The smallest absolute Gasteiger partial charge is 0.266 e. The van der Waals surface area contributed by atoms with Gasteiger partial charge >= 0.3 is 0 Å². The number of aryl methyl sites for hydroxylation is 1. The second kappa shape index (κ2) is 3.53. The molecule has 0 amide bonds. The Labute approximate surface area is 82.7 Å². The van der Waals surface area contributed by atoms with Gasteiger partial charge in [-0.05, 0) is 31.7 Å². The van der Waals surface area contributed by atoms with Crippen LogP contribution in [-0.2, 0) is 6.54 Å². The zero-order valence-corrected chi connectivity index (χ0v) is 8.31. The topological polar surface area (TPSA) is 60.9 Å². The first-order chi connectivity index (χ1) is 6.66. The maximum atomic E-state index is 11.4. The van der Waals surface area contributed by atoms with E-state index in [-0.39, 0.29) is 11.6 Å². The van der Waals surface area contributed by atoms with Crippen LogP contribution in [0.5, 0.6) is 0 Å². The van der Waals surface area contributed by atoms with Gasteiger partial charge in [-0.1, -0.05) is 0 Å². The lowest BCUT2D eigenvalue weighted by Gasteiger charge is -2.11. The van der Waals surface area contributed by atoms with Gasteiger partial charge < -0.3 is 5.73 Å². The van der Waals surface area contributed by atoms with Crippen molar-refractivity contribution in [2.75, 3.05) is 0 Å². The van der Waals surface area contributed by atoms with Crippen LogP contribution in [0.15, 0.2) is 16.9 Å². The number of hydrogen-bond acceptors (Lipinski definition) is 3. The summed E-state index contributed by atoms with van der Waals surface area (Å²) in [6.07, 6.45) is 2.39. The summed E-state index contributed by atoms with van der Waals surface area (Å²) in [7, 11) is 0. The molecule has 1 heterocycles. The minimum atomic E-state index is -0.0632. The highest BCUT2D eigenvalue weighted by Crippen LogP contribution is 2.31. The van der Waals surface area contributed by atoms with Gasteiger partial charge in [-0.15, -0.1) is 0 Å². The van der Waals surface area contributed by atoms with Crippen molar-refractivity contribution in [3.8, 4) is 0 Å². The van der Waals surface area contributed by atoms with E-state index >= 15 is 0 Å². The zero-order valence-electron chi connectivity index (χ0n) is 8.31. The Morgan fingerprint density at radius 3 is 3.00 bits per heavy atom. The zero-order chi connectivity index (χ0) is 10.1. The first-order valence-corrected chi connectivity index (χ1v) is 4.97. The van der Waals surface area contributed by atoms with Gasteiger partial charge in [0.2, 0.25) is 0 Å². The lowest BCUT2D eigenvalue weighted by molar-refractivity contribution is 0.452. The summed E-state index contributed by atoms with van der Waals surface area (Å²) in [4.78, 5) is 11.4. The van der Waals surface area contributed by atoms with Gasteiger partial charge in [-0.3, -0.25) is 4.79 Å². The number of aromatic nitrogens is 2. The minimum Gasteiger partial charge on any atom is -0.326 e. The maximum Gasteiger partial charge on any atom is 0.266 e. The highest BCUT2D eigenvalue weighted by atomic mass is 16.1. The highest BCUT2D eigenvalue weighted by molar-refractivity contribution is 4.97. The molecule has 2 rings (SSSR count). The van der Waals surface area contributed by atoms with Crippen LogP contribution in [0.3, 0.4) is 0 Å². The van der Waals surface area contributed by atoms with E-state index in [2.05, 4.69) is 5.10 Å². The standard InChI is InChI=1S/C10H15N3O/c1-7-2-5-10(14)13(12-7)6-9(11)8-3-4-8/h2,5,8-9H,3-4,6,11H2,1H3. The predicted octanol–water partition coefficient (Wildman–Crippen LogP) is 0.289. The highest BCUT2D eigenvalue weighted by Gasteiger charge is 2.28. The monoisotopic (exact) mass is 193 g/mol. The largest absolute Gasteiger partial charge is 0.326 e. The van der Waals surface area contributed by atoms with E-state index in [1.807, 2.05) is 6.92 Å². The first-order valence-electron chi connectivity index (χ1n) is 4.97. The van der Waals surface area contributed by atoms with Crippen LogP contribution in [0.4, 0.5) is 0 Å². The molecule has 0 spiro atoms. The fourth-order valence-electron chi connectivity index (χ4n) is 1.55. The predicted molar refractivity (Wildman–Crippen MR) is 53.9 cm³/mol. The SMILES string of the molecule is Cc1ccc(=O)n(CC(N)C2CC2)n1. The van der Waals surface area contributed by atoms with Crippen LogP contribution < -0.4 is 11.3 Å². The average Bonchev–Trinajstić information content (AvgIpc) is 2.94. The first kappa shape index (κ1) is 9.40. The van der Waals surface area contributed by atoms with E-state index < -0.39 is 0 Å². The molecule has 1 aromatic heterocycles. The normalized spacial score (nSPS) is 18.1. The Kier molecular flexibility index (Phi) is 2.37. The minimum absolute atomic E-state index is 0.0632. The molecule has 1 saturated carbocycles. The van der Waals surface area contributed by atoms with Crippen LogP contribution in [0, 0.1) is 12.8 Å². The molecular weight excluding hydrogens is 178 g/mol. The molecule has 0 radical (unpaired) electrons. The lowest BCUT2D eigenvalue weighted by Crippen LogP contribution is -2.34. The van der Waals surface area contributed by atoms with Gasteiger partial charge in [0.25, 0.3) is 5.56 Å². The molecule has 1 aromatic rings. The van der Waals surface area contributed by atoms with E-state index in [4.69, 9.17) is 5.73 Å². The summed E-state index contributed by atoms with van der Waals surface area (Å²) >= 11 is 0. The number of hydrogen-bond donors (Lipinski definition) is 1. The van der Waals surface area contributed by atoms with E-state index in [9.17, 15) is 4.79 Å². The van der Waals surface area contributed by atoms with E-state index in [0.717, 1.165) is 5.69 Å². The van der Waals surface area contributed by atoms with Gasteiger partial charge in [-0.25, -0.2) is 4.68 Å². The summed E-state index contributed by atoms with van der Waals surface area (Å²) in [5.74, 6) is 0.601. The van der Waals surface area contributed by atoms with E-state index in [1.54, 1.807) is 12.1 Å². The average molecular weight is 193 g/mol. The number of nitrogens with two attached hydrogens (primary N) is 1. The van der Waals surface area contributed by atoms with Crippen LogP contribution in [0.2, 0.25) is 0 Å². The van der Waals surface area contributed by atoms with Crippen molar-refractivity contribution in [2.24, 2.45) is 11.7 Å². The molecule has 4 heteroatoms. The van der Waals surface area contributed by atoms with Crippen LogP contribution in [0.1, 0.15) is 18.5 Å². The number of rotatable bonds is 3. The quantitative estimate of drug-likeness (QED) is 0.750. The molecule has 0 bridgehead atoms. The molecule has 0 aromatic carbocycles. The fourth-order valence-corrected chi connectivity index (χ4v) is 1.55. The molecule has 4 nitrogen and oxygen atoms in total. The summed E-state index contributed by atoms with van der Waals surface area (Å²) in [5.41, 5.74) is 6.72. The molecule has 1 aliphatic rings. The number of nitrogens with zero attached hydrogens (tertiary/aromatic N) is 2. The van der Waals surface area contributed by atoms with Crippen molar-refractivity contribution in [1.82, 2.24) is 9.78 Å². The van der Waals surface area contributed by atoms with Gasteiger partial charge in [-0.2, -0.15) is 5.10 Å². The molecule has 1 aliphatic carbocycles. The van der Waals surface area contributed by atoms with Crippen molar-refractivity contribution < 1.29 is 0 Å². The molecule has 1 atom stereocenters. The molecule has 1 fully saturated rings. The molecule has 2 N–H and O–H groups in total. The Morgan fingerprint density at radius 2 is 2.36 bits per heavy atom. The third-order valence-electron chi connectivity index (χ3n) is 2.61. The van der Waals surface area contributed by atoms with Gasteiger partial charge in [0.1, 0.15) is 0 Å². The maximum absolute atomic E-state index is 11.4. The van der Waals surface area contributed by atoms with Gasteiger partial charge in [0.15, 0.2) is 0 Å². The Morgan fingerprint density at radius 1 is 1.64 bits per heavy atom. The van der Waals surface area contributed by atoms with Crippen LogP contribution in [-0.4, -0.2) is 15.8 Å². The van der Waals surface area contributed by atoms with Crippen molar-refractivity contribution >= 4 is 0 Å². The third kappa shape index (κ3) is 2.01. The molecule has 14 heavy (non-hydrogen) atoms. The van der Waals surface area contributed by atoms with Gasteiger partial charge in [0, 0.05) is 12.1 Å². The molecule has 0 saturated heterocycles. The van der Waals surface area contributed by atoms with Crippen molar-refractivity contribution in [1.29, 1.82) is 0 Å². The fraction of sp³-hybridized carbons (Fsp3) is 0.600. The Hall–Kier alpha value is -1.16. The van der Waals surface area contributed by atoms with Crippen molar-refractivity contribution in [2.45, 2.75) is 32.4 Å². The lowest BCUT2D eigenvalue weighted by atomic mass is 10.2. The summed E-state index contributed by atoms with van der Waals surface area (Å²) in [6, 6.07) is 3.35. The van der Waals surface area contributed by atoms with Crippen molar-refractivity contribution in [3.63, 3.8) is 0 Å². The van der Waals surface area contributed by atoms with Crippen LogP contribution in [0.25, 0.3) is 0 Å². The molecule has 76 valence electrons. The summed E-state index contributed by atoms with van der Waals surface area (Å²) in [5, 5.41) is 4.15. The van der Waals surface area contributed by atoms with E-state index in [0.29, 0.717) is 12.5 Å². The third-order valence-corrected chi connectivity index (χ3v) is 2.61. The summed E-state index contributed by atoms with van der Waals surface area (Å²) in [6.45, 7) is 2.42. The van der Waals surface area contributed by atoms with Crippen LogP contribution >= 0.6 is 0 Å². The second-order valence-corrected chi connectivity index (χ2v) is 4.00.